The highest BCUT2D eigenvalue weighted by molar-refractivity contribution is 6.17. The third-order valence-corrected chi connectivity index (χ3v) is 2.52. The number of amides is 4. The minimum atomic E-state index is -0.761. The lowest BCUT2D eigenvalue weighted by Crippen LogP contribution is -2.46. The van der Waals surface area contributed by atoms with Crippen molar-refractivity contribution in [2.75, 3.05) is 16.8 Å². The van der Waals surface area contributed by atoms with Crippen molar-refractivity contribution in [1.29, 1.82) is 0 Å². The van der Waals surface area contributed by atoms with E-state index in [-0.39, 0.29) is 12.5 Å². The second kappa shape index (κ2) is 7.48. The number of urea groups is 2. The van der Waals surface area contributed by atoms with Crippen molar-refractivity contribution < 1.29 is 14.4 Å². The molecule has 0 saturated carbocycles. The van der Waals surface area contributed by atoms with Crippen LogP contribution in [0.1, 0.15) is 0 Å². The molecule has 0 atom stereocenters. The fourth-order valence-corrected chi connectivity index (χ4v) is 1.61. The van der Waals surface area contributed by atoms with E-state index >= 15 is 0 Å². The molecule has 2 aromatic rings. The average molecular weight is 298 g/mol. The molecule has 0 saturated heterocycles. The van der Waals surface area contributed by atoms with Crippen LogP contribution in [0.5, 0.6) is 0 Å². The van der Waals surface area contributed by atoms with Crippen LogP contribution in [-0.2, 0) is 4.79 Å². The van der Waals surface area contributed by atoms with Gasteiger partial charge >= 0.3 is 12.1 Å². The summed E-state index contributed by atoms with van der Waals surface area (Å²) in [4.78, 5) is 43.2. The van der Waals surface area contributed by atoms with Crippen LogP contribution in [0.2, 0.25) is 0 Å². The van der Waals surface area contributed by atoms with Crippen molar-refractivity contribution in [2.45, 2.75) is 0 Å². The predicted molar refractivity (Wildman–Crippen MR) is 79.1 cm³/mol. The summed E-state index contributed by atoms with van der Waals surface area (Å²) in [5, 5.41) is 4.66. The summed E-state index contributed by atoms with van der Waals surface area (Å²) in [5.74, 6) is 0.0585. The Labute approximate surface area is 126 Å². The maximum atomic E-state index is 12.3. The molecule has 22 heavy (non-hydrogen) atoms. The van der Waals surface area contributed by atoms with Gasteiger partial charge in [-0.05, 0) is 18.2 Å². The van der Waals surface area contributed by atoms with Crippen LogP contribution in [0, 0.1) is 0 Å². The van der Waals surface area contributed by atoms with Gasteiger partial charge in [-0.2, -0.15) is 0 Å². The SMILES string of the molecule is O=[C]CNC(=O)N(C(=O)Nc1ncccn1)c1ccccc1. The van der Waals surface area contributed by atoms with Gasteiger partial charge in [0.1, 0.15) is 0 Å². The van der Waals surface area contributed by atoms with E-state index in [9.17, 15) is 14.4 Å². The van der Waals surface area contributed by atoms with Gasteiger partial charge in [-0.3, -0.25) is 10.1 Å². The molecule has 0 aliphatic carbocycles. The fraction of sp³-hybridized carbons (Fsp3) is 0.0714. The number of hydrogen-bond acceptors (Lipinski definition) is 5. The molecular weight excluding hydrogens is 286 g/mol. The van der Waals surface area contributed by atoms with Crippen molar-refractivity contribution >= 4 is 30.0 Å². The Hall–Kier alpha value is -3.29. The van der Waals surface area contributed by atoms with E-state index in [0.29, 0.717) is 5.69 Å². The van der Waals surface area contributed by atoms with E-state index in [2.05, 4.69) is 20.6 Å². The Morgan fingerprint density at radius 2 is 1.73 bits per heavy atom. The van der Waals surface area contributed by atoms with Crippen LogP contribution < -0.4 is 15.5 Å². The summed E-state index contributed by atoms with van der Waals surface area (Å²) in [6, 6.07) is 8.34. The Kier molecular flexibility index (Phi) is 5.14. The van der Waals surface area contributed by atoms with E-state index in [1.165, 1.54) is 18.7 Å². The van der Waals surface area contributed by atoms with Gasteiger partial charge in [-0.25, -0.2) is 24.5 Å². The molecule has 0 spiro atoms. The van der Waals surface area contributed by atoms with Crippen LogP contribution in [-0.4, -0.2) is 34.9 Å². The van der Waals surface area contributed by atoms with E-state index in [4.69, 9.17) is 0 Å². The highest BCUT2D eigenvalue weighted by Crippen LogP contribution is 2.14. The zero-order chi connectivity index (χ0) is 15.8. The third kappa shape index (κ3) is 3.85. The summed E-state index contributed by atoms with van der Waals surface area (Å²) < 4.78 is 0. The number of carbonyl (C=O) groups is 2. The molecule has 1 aromatic heterocycles. The Bertz CT molecular complexity index is 648. The number of benzene rings is 1. The second-order valence-electron chi connectivity index (χ2n) is 3.98. The summed E-state index contributed by atoms with van der Waals surface area (Å²) in [6.45, 7) is -0.322. The predicted octanol–water partition coefficient (Wildman–Crippen LogP) is 1.33. The molecule has 0 bridgehead atoms. The van der Waals surface area contributed by atoms with Gasteiger partial charge in [0.15, 0.2) is 0 Å². The first-order chi connectivity index (χ1) is 10.7. The number of aromatic nitrogens is 2. The molecule has 8 nitrogen and oxygen atoms in total. The average Bonchev–Trinajstić information content (AvgIpc) is 2.55. The number of imide groups is 1. The molecule has 0 aliphatic rings. The number of nitrogens with zero attached hydrogens (tertiary/aromatic N) is 3. The first-order valence-corrected chi connectivity index (χ1v) is 6.28. The van der Waals surface area contributed by atoms with Crippen molar-refractivity contribution in [3.8, 4) is 0 Å². The molecule has 1 aromatic carbocycles. The fourth-order valence-electron chi connectivity index (χ4n) is 1.61. The highest BCUT2D eigenvalue weighted by atomic mass is 16.2. The second-order valence-corrected chi connectivity index (χ2v) is 3.98. The van der Waals surface area contributed by atoms with Crippen LogP contribution in [0.25, 0.3) is 0 Å². The van der Waals surface area contributed by atoms with E-state index in [1.54, 1.807) is 36.4 Å². The van der Waals surface area contributed by atoms with Crippen molar-refractivity contribution in [3.63, 3.8) is 0 Å². The molecule has 1 radical (unpaired) electrons. The molecule has 0 aliphatic heterocycles. The molecule has 2 N–H and O–H groups in total. The molecule has 2 rings (SSSR count). The topological polar surface area (TPSA) is 104 Å². The van der Waals surface area contributed by atoms with Crippen molar-refractivity contribution in [1.82, 2.24) is 15.3 Å². The lowest BCUT2D eigenvalue weighted by Gasteiger charge is -2.20. The zero-order valence-electron chi connectivity index (χ0n) is 11.4. The third-order valence-electron chi connectivity index (χ3n) is 2.52. The van der Waals surface area contributed by atoms with E-state index in [0.717, 1.165) is 4.90 Å². The van der Waals surface area contributed by atoms with Gasteiger partial charge in [-0.15, -0.1) is 0 Å². The number of para-hydroxylation sites is 1. The minimum absolute atomic E-state index is 0.0585. The maximum absolute atomic E-state index is 12.3. The first-order valence-electron chi connectivity index (χ1n) is 6.28. The molecule has 0 fully saturated rings. The molecular formula is C14H12N5O3. The van der Waals surface area contributed by atoms with E-state index < -0.39 is 12.1 Å². The van der Waals surface area contributed by atoms with Crippen LogP contribution in [0.15, 0.2) is 48.8 Å². The number of anilines is 2. The molecule has 4 amide bonds. The first kappa shape index (κ1) is 15.1. The highest BCUT2D eigenvalue weighted by Gasteiger charge is 2.23. The standard InChI is InChI=1S/C14H12N5O3/c20-10-9-17-13(21)19(11-5-2-1-3-6-11)14(22)18-12-15-7-4-8-16-12/h1-8H,9H2,(H,17,21)(H,15,16,18,22). The van der Waals surface area contributed by atoms with Gasteiger partial charge in [0.2, 0.25) is 12.2 Å². The lowest BCUT2D eigenvalue weighted by atomic mass is 10.3. The summed E-state index contributed by atoms with van der Waals surface area (Å²) >= 11 is 0. The van der Waals surface area contributed by atoms with Gasteiger partial charge in [0.25, 0.3) is 0 Å². The Balaban J connectivity index is 2.22. The van der Waals surface area contributed by atoms with Gasteiger partial charge in [0, 0.05) is 12.4 Å². The summed E-state index contributed by atoms with van der Waals surface area (Å²) in [5.41, 5.74) is 0.333. The molecule has 111 valence electrons. The van der Waals surface area contributed by atoms with Crippen molar-refractivity contribution in [3.05, 3.63) is 48.8 Å². The normalized spacial score (nSPS) is 9.64. The largest absolute Gasteiger partial charge is 0.337 e. The van der Waals surface area contributed by atoms with Crippen LogP contribution in [0.3, 0.4) is 0 Å². The number of hydrogen-bond donors (Lipinski definition) is 2. The lowest BCUT2D eigenvalue weighted by molar-refractivity contribution is 0.240. The minimum Gasteiger partial charge on any atom is -0.330 e. The van der Waals surface area contributed by atoms with Gasteiger partial charge in [0.05, 0.1) is 12.2 Å². The maximum Gasteiger partial charge on any atom is 0.337 e. The number of carbonyl (C=O) groups excluding carboxylic acids is 3. The number of nitrogens with one attached hydrogen (secondary N) is 2. The summed E-state index contributed by atoms with van der Waals surface area (Å²) in [6.07, 6.45) is 4.44. The van der Waals surface area contributed by atoms with Gasteiger partial charge in [-0.1, -0.05) is 18.2 Å². The zero-order valence-corrected chi connectivity index (χ0v) is 11.4. The quantitative estimate of drug-likeness (QED) is 0.886. The van der Waals surface area contributed by atoms with Crippen LogP contribution >= 0.6 is 0 Å². The van der Waals surface area contributed by atoms with Gasteiger partial charge < -0.3 is 5.32 Å². The smallest absolute Gasteiger partial charge is 0.330 e. The Morgan fingerprint density at radius 1 is 1.05 bits per heavy atom. The van der Waals surface area contributed by atoms with Crippen LogP contribution in [0.4, 0.5) is 21.2 Å². The molecule has 8 heteroatoms. The Morgan fingerprint density at radius 3 is 2.36 bits per heavy atom. The van der Waals surface area contributed by atoms with E-state index in [1.807, 2.05) is 0 Å². The number of rotatable bonds is 4. The molecule has 0 unspecified atom stereocenters. The monoisotopic (exact) mass is 298 g/mol. The van der Waals surface area contributed by atoms with Crippen molar-refractivity contribution in [2.24, 2.45) is 0 Å². The summed E-state index contributed by atoms with van der Waals surface area (Å²) in [7, 11) is 0. The molecule has 1 heterocycles.